The van der Waals surface area contributed by atoms with Crippen LogP contribution in [0, 0.1) is 11.3 Å². The minimum atomic E-state index is -0.110. The molecule has 1 aliphatic rings. The summed E-state index contributed by atoms with van der Waals surface area (Å²) in [5.74, 6) is 0.634. The van der Waals surface area contributed by atoms with Gasteiger partial charge in [0.1, 0.15) is 17.2 Å². The van der Waals surface area contributed by atoms with E-state index in [-0.39, 0.29) is 18.0 Å². The molecule has 0 saturated carbocycles. The van der Waals surface area contributed by atoms with Crippen molar-refractivity contribution < 1.29 is 0 Å². The van der Waals surface area contributed by atoms with Gasteiger partial charge in [0.2, 0.25) is 0 Å². The molecule has 0 saturated heterocycles. The van der Waals surface area contributed by atoms with E-state index in [0.29, 0.717) is 11.2 Å². The molecule has 0 spiro atoms. The molecule has 4 nitrogen and oxygen atoms in total. The molecular formula is C13H12ClN3OS. The van der Waals surface area contributed by atoms with Crippen LogP contribution >= 0.6 is 22.9 Å². The van der Waals surface area contributed by atoms with E-state index >= 15 is 0 Å². The Morgan fingerprint density at radius 1 is 1.42 bits per heavy atom. The maximum atomic E-state index is 12.6. The van der Waals surface area contributed by atoms with Gasteiger partial charge in [-0.05, 0) is 31.2 Å². The van der Waals surface area contributed by atoms with Gasteiger partial charge in [-0.25, -0.2) is 4.98 Å². The van der Waals surface area contributed by atoms with Gasteiger partial charge in [-0.15, -0.1) is 22.9 Å². The highest BCUT2D eigenvalue weighted by Crippen LogP contribution is 2.33. The number of alkyl halides is 1. The van der Waals surface area contributed by atoms with E-state index in [1.165, 1.54) is 15.9 Å². The molecular weight excluding hydrogens is 282 g/mol. The molecule has 2 aromatic heterocycles. The Balaban J connectivity index is 2.35. The summed E-state index contributed by atoms with van der Waals surface area (Å²) in [6, 6.07) is 2.00. The Bertz CT molecular complexity index is 741. The van der Waals surface area contributed by atoms with Crippen molar-refractivity contribution in [1.82, 2.24) is 9.55 Å². The van der Waals surface area contributed by atoms with Crippen molar-refractivity contribution in [2.45, 2.75) is 38.1 Å². The van der Waals surface area contributed by atoms with Gasteiger partial charge < -0.3 is 0 Å². The van der Waals surface area contributed by atoms with Gasteiger partial charge in [-0.1, -0.05) is 0 Å². The van der Waals surface area contributed by atoms with Crippen LogP contribution in [-0.4, -0.2) is 9.55 Å². The second-order valence-electron chi connectivity index (χ2n) is 4.60. The zero-order valence-electron chi connectivity index (χ0n) is 10.3. The molecule has 0 unspecified atom stereocenters. The second kappa shape index (κ2) is 4.95. The molecule has 0 atom stereocenters. The third-order valence-corrected chi connectivity index (χ3v) is 4.93. The van der Waals surface area contributed by atoms with Crippen molar-refractivity contribution >= 4 is 33.2 Å². The third-order valence-electron chi connectivity index (χ3n) is 3.50. The van der Waals surface area contributed by atoms with Crippen molar-refractivity contribution in [3.8, 4) is 6.07 Å². The smallest absolute Gasteiger partial charge is 0.263 e. The monoisotopic (exact) mass is 293 g/mol. The van der Waals surface area contributed by atoms with Gasteiger partial charge in [0.15, 0.2) is 0 Å². The summed E-state index contributed by atoms with van der Waals surface area (Å²) in [5.41, 5.74) is 1.04. The Labute approximate surface area is 119 Å². The molecule has 19 heavy (non-hydrogen) atoms. The standard InChI is InChI=1S/C13H12ClN3OS/c14-7-10-16-12-11(13(18)17(10)6-5-15)8-3-1-2-4-9(8)19-12/h1-4,6-7H2. The van der Waals surface area contributed by atoms with Gasteiger partial charge in [-0.2, -0.15) is 5.26 Å². The Kier molecular flexibility index (Phi) is 3.29. The van der Waals surface area contributed by atoms with Crippen LogP contribution in [0.2, 0.25) is 0 Å². The molecule has 1 aliphatic carbocycles. The van der Waals surface area contributed by atoms with Crippen LogP contribution in [0.1, 0.15) is 29.1 Å². The Morgan fingerprint density at radius 3 is 2.95 bits per heavy atom. The van der Waals surface area contributed by atoms with Crippen molar-refractivity contribution in [2.24, 2.45) is 0 Å². The number of halogens is 1. The van der Waals surface area contributed by atoms with Crippen molar-refractivity contribution in [2.75, 3.05) is 0 Å². The lowest BCUT2D eigenvalue weighted by Gasteiger charge is -2.10. The third kappa shape index (κ3) is 1.96. The second-order valence-corrected chi connectivity index (χ2v) is 5.95. The molecule has 0 fully saturated rings. The number of aromatic nitrogens is 2. The first-order valence-electron chi connectivity index (χ1n) is 6.23. The lowest BCUT2D eigenvalue weighted by molar-refractivity contribution is 0.696. The van der Waals surface area contributed by atoms with Crippen molar-refractivity contribution in [3.63, 3.8) is 0 Å². The van der Waals surface area contributed by atoms with Crippen LogP contribution in [-0.2, 0) is 25.3 Å². The summed E-state index contributed by atoms with van der Waals surface area (Å²) in [4.78, 5) is 19.1. The number of fused-ring (bicyclic) bond motifs is 3. The molecule has 2 heterocycles. The number of rotatable bonds is 2. The van der Waals surface area contributed by atoms with Crippen molar-refractivity contribution in [3.05, 3.63) is 26.6 Å². The normalized spacial score (nSPS) is 14.3. The van der Waals surface area contributed by atoms with Crippen molar-refractivity contribution in [1.29, 1.82) is 5.26 Å². The molecule has 98 valence electrons. The fraction of sp³-hybridized carbons (Fsp3) is 0.462. The molecule has 0 bridgehead atoms. The SMILES string of the molecule is N#CCn1c(CCl)nc2sc3c(c2c1=O)CCCC3. The summed E-state index contributed by atoms with van der Waals surface area (Å²) in [5, 5.41) is 9.56. The number of hydrogen-bond acceptors (Lipinski definition) is 4. The van der Waals surface area contributed by atoms with Crippen LogP contribution in [0.5, 0.6) is 0 Å². The average molecular weight is 294 g/mol. The quantitative estimate of drug-likeness (QED) is 0.800. The molecule has 3 rings (SSSR count). The zero-order chi connectivity index (χ0) is 13.4. The first-order chi connectivity index (χ1) is 9.26. The average Bonchev–Trinajstić information content (AvgIpc) is 2.80. The van der Waals surface area contributed by atoms with E-state index in [1.54, 1.807) is 11.3 Å². The van der Waals surface area contributed by atoms with E-state index < -0.39 is 0 Å². The van der Waals surface area contributed by atoms with E-state index in [4.69, 9.17) is 16.9 Å². The highest BCUT2D eigenvalue weighted by molar-refractivity contribution is 7.18. The minimum Gasteiger partial charge on any atom is -0.281 e. The number of hydrogen-bond donors (Lipinski definition) is 0. The number of nitriles is 1. The number of thiophene rings is 1. The van der Waals surface area contributed by atoms with E-state index in [1.807, 2.05) is 6.07 Å². The zero-order valence-corrected chi connectivity index (χ0v) is 11.9. The van der Waals surface area contributed by atoms with E-state index in [0.717, 1.165) is 29.7 Å². The molecule has 6 heteroatoms. The van der Waals surface area contributed by atoms with E-state index in [9.17, 15) is 4.79 Å². The largest absolute Gasteiger partial charge is 0.281 e. The molecule has 0 N–H and O–H groups in total. The predicted octanol–water partition coefficient (Wildman–Crippen LogP) is 2.60. The summed E-state index contributed by atoms with van der Waals surface area (Å²) >= 11 is 7.44. The maximum absolute atomic E-state index is 12.6. The molecule has 0 aliphatic heterocycles. The summed E-state index contributed by atoms with van der Waals surface area (Å²) < 4.78 is 1.40. The van der Waals surface area contributed by atoms with Crippen LogP contribution in [0.4, 0.5) is 0 Å². The van der Waals surface area contributed by atoms with Gasteiger partial charge in [-0.3, -0.25) is 9.36 Å². The topological polar surface area (TPSA) is 58.7 Å². The molecule has 0 radical (unpaired) electrons. The van der Waals surface area contributed by atoms with Gasteiger partial charge in [0.05, 0.1) is 17.3 Å². The van der Waals surface area contributed by atoms with Crippen LogP contribution < -0.4 is 5.56 Å². The fourth-order valence-electron chi connectivity index (χ4n) is 2.62. The highest BCUT2D eigenvalue weighted by atomic mass is 35.5. The number of nitrogens with zero attached hydrogens (tertiary/aromatic N) is 3. The van der Waals surface area contributed by atoms with Gasteiger partial charge >= 0.3 is 0 Å². The molecule has 0 aromatic carbocycles. The lowest BCUT2D eigenvalue weighted by Crippen LogP contribution is -2.24. The lowest BCUT2D eigenvalue weighted by atomic mass is 9.97. The summed E-state index contributed by atoms with van der Waals surface area (Å²) in [6.45, 7) is 0.00838. The van der Waals surface area contributed by atoms with Gasteiger partial charge in [0.25, 0.3) is 5.56 Å². The van der Waals surface area contributed by atoms with Crippen LogP contribution in [0.25, 0.3) is 10.2 Å². The van der Waals surface area contributed by atoms with Crippen LogP contribution in [0.3, 0.4) is 0 Å². The summed E-state index contributed by atoms with van der Waals surface area (Å²) in [6.07, 6.45) is 4.27. The first kappa shape index (κ1) is 12.6. The van der Waals surface area contributed by atoms with Gasteiger partial charge in [0, 0.05) is 4.88 Å². The van der Waals surface area contributed by atoms with Crippen LogP contribution in [0.15, 0.2) is 4.79 Å². The Morgan fingerprint density at radius 2 is 2.21 bits per heavy atom. The van der Waals surface area contributed by atoms with E-state index in [2.05, 4.69) is 4.98 Å². The predicted molar refractivity (Wildman–Crippen MR) is 75.7 cm³/mol. The Hall–Kier alpha value is -1.38. The molecule has 0 amide bonds. The molecule has 2 aromatic rings. The minimum absolute atomic E-state index is 0.00838. The fourth-order valence-corrected chi connectivity index (χ4v) is 4.09. The maximum Gasteiger partial charge on any atom is 0.263 e. The first-order valence-corrected chi connectivity index (χ1v) is 7.58. The summed E-state index contributed by atoms with van der Waals surface area (Å²) in [7, 11) is 0. The number of aryl methyl sites for hydroxylation is 2. The highest BCUT2D eigenvalue weighted by Gasteiger charge is 2.21.